The first-order valence-electron chi connectivity index (χ1n) is 6.32. The number of hydrogen-bond donors (Lipinski definition) is 1. The topological polar surface area (TPSA) is 80.5 Å². The molecule has 112 valence electrons. The van der Waals surface area contributed by atoms with E-state index in [-0.39, 0.29) is 16.2 Å². The third-order valence-electron chi connectivity index (χ3n) is 3.09. The van der Waals surface area contributed by atoms with Crippen LogP contribution in [0.1, 0.15) is 24.2 Å². The van der Waals surface area contributed by atoms with Gasteiger partial charge in [0.25, 0.3) is 5.91 Å². The van der Waals surface area contributed by atoms with Crippen molar-refractivity contribution in [3.8, 4) is 0 Å². The van der Waals surface area contributed by atoms with Crippen LogP contribution in [0.4, 0.5) is 0 Å². The van der Waals surface area contributed by atoms with Gasteiger partial charge < -0.3 is 10.6 Å². The van der Waals surface area contributed by atoms with Gasteiger partial charge in [0.05, 0.1) is 4.90 Å². The number of nitrogens with zero attached hydrogens (tertiary/aromatic N) is 1. The van der Waals surface area contributed by atoms with Gasteiger partial charge in [-0.25, -0.2) is 8.42 Å². The van der Waals surface area contributed by atoms with Gasteiger partial charge in [0, 0.05) is 25.4 Å². The number of amides is 1. The quantitative estimate of drug-likeness (QED) is 0.884. The van der Waals surface area contributed by atoms with Gasteiger partial charge in [-0.2, -0.15) is 0 Å². The van der Waals surface area contributed by atoms with Gasteiger partial charge in [0.15, 0.2) is 9.84 Å². The fraction of sp³-hybridized carbons (Fsp3) is 0.500. The Morgan fingerprint density at radius 1 is 1.25 bits per heavy atom. The predicted molar refractivity (Wildman–Crippen MR) is 79.3 cm³/mol. The molecule has 0 spiro atoms. The minimum atomic E-state index is -3.24. The number of sulfone groups is 1. The van der Waals surface area contributed by atoms with Crippen molar-refractivity contribution < 1.29 is 13.2 Å². The van der Waals surface area contributed by atoms with Gasteiger partial charge in [-0.05, 0) is 36.2 Å². The first-order chi connectivity index (χ1) is 9.07. The van der Waals surface area contributed by atoms with Gasteiger partial charge in [0.1, 0.15) is 0 Å². The molecule has 6 heteroatoms. The maximum atomic E-state index is 12.2. The van der Waals surface area contributed by atoms with Gasteiger partial charge in [-0.1, -0.05) is 13.8 Å². The number of carbonyl (C=O) groups excluding carboxylic acids is 1. The minimum Gasteiger partial charge on any atom is -0.341 e. The number of carbonyl (C=O) groups is 1. The third kappa shape index (κ3) is 4.31. The summed E-state index contributed by atoms with van der Waals surface area (Å²) in [5.74, 6) is -0.147. The average molecular weight is 298 g/mol. The molecule has 0 heterocycles. The molecule has 0 aliphatic heterocycles. The number of benzene rings is 1. The Bertz CT molecular complexity index is 577. The lowest BCUT2D eigenvalue weighted by molar-refractivity contribution is 0.0740. The summed E-state index contributed by atoms with van der Waals surface area (Å²) in [6.07, 6.45) is 1.14. The van der Waals surface area contributed by atoms with Crippen molar-refractivity contribution in [2.24, 2.45) is 11.1 Å². The van der Waals surface area contributed by atoms with Gasteiger partial charge in [0.2, 0.25) is 0 Å². The zero-order valence-corrected chi connectivity index (χ0v) is 13.2. The smallest absolute Gasteiger partial charge is 0.253 e. The van der Waals surface area contributed by atoms with E-state index in [0.717, 1.165) is 6.26 Å². The van der Waals surface area contributed by atoms with Crippen molar-refractivity contribution in [3.63, 3.8) is 0 Å². The van der Waals surface area contributed by atoms with Crippen LogP contribution in [-0.2, 0) is 9.84 Å². The molecule has 2 N–H and O–H groups in total. The van der Waals surface area contributed by atoms with Crippen LogP contribution in [0.3, 0.4) is 0 Å². The summed E-state index contributed by atoms with van der Waals surface area (Å²) < 4.78 is 22.7. The largest absolute Gasteiger partial charge is 0.341 e. The number of hydrogen-bond acceptors (Lipinski definition) is 4. The van der Waals surface area contributed by atoms with Crippen LogP contribution in [0.2, 0.25) is 0 Å². The molecule has 0 saturated carbocycles. The molecule has 0 bridgehead atoms. The second kappa shape index (κ2) is 5.93. The van der Waals surface area contributed by atoms with Gasteiger partial charge in [-0.3, -0.25) is 4.79 Å². The first-order valence-corrected chi connectivity index (χ1v) is 8.22. The Balaban J connectivity index is 2.88. The van der Waals surface area contributed by atoms with Crippen molar-refractivity contribution in [1.82, 2.24) is 4.90 Å². The van der Waals surface area contributed by atoms with Crippen LogP contribution in [0.15, 0.2) is 29.2 Å². The van der Waals surface area contributed by atoms with E-state index < -0.39 is 9.84 Å². The van der Waals surface area contributed by atoms with Crippen LogP contribution < -0.4 is 5.73 Å². The Morgan fingerprint density at radius 2 is 1.75 bits per heavy atom. The normalized spacial score (nSPS) is 12.2. The molecule has 0 aliphatic rings. The lowest BCUT2D eigenvalue weighted by atomic mass is 9.93. The van der Waals surface area contributed by atoms with Crippen LogP contribution in [-0.4, -0.2) is 45.6 Å². The van der Waals surface area contributed by atoms with Crippen molar-refractivity contribution in [1.29, 1.82) is 0 Å². The molecule has 0 fully saturated rings. The second-order valence-corrected chi connectivity index (χ2v) is 7.84. The second-order valence-electron chi connectivity index (χ2n) is 5.83. The highest BCUT2D eigenvalue weighted by Gasteiger charge is 2.22. The standard InChI is InChI=1S/C14H22N2O3S/c1-14(2,9-15)10-16(3)13(17)11-5-7-12(8-6-11)20(4,18)19/h5-8H,9-10,15H2,1-4H3. The number of nitrogens with two attached hydrogens (primary N) is 1. The maximum absolute atomic E-state index is 12.2. The molecule has 1 aromatic carbocycles. The Kier molecular flexibility index (Phi) is 4.94. The van der Waals surface area contributed by atoms with Crippen molar-refractivity contribution in [2.45, 2.75) is 18.7 Å². The lowest BCUT2D eigenvalue weighted by Gasteiger charge is -2.29. The molecule has 20 heavy (non-hydrogen) atoms. The lowest BCUT2D eigenvalue weighted by Crippen LogP contribution is -2.39. The summed E-state index contributed by atoms with van der Waals surface area (Å²) >= 11 is 0. The minimum absolute atomic E-state index is 0.147. The molecule has 0 radical (unpaired) electrons. The van der Waals surface area contributed by atoms with E-state index in [1.807, 2.05) is 13.8 Å². The molecule has 1 rings (SSSR count). The summed E-state index contributed by atoms with van der Waals surface area (Å²) in [6.45, 7) is 5.00. The van der Waals surface area contributed by atoms with E-state index in [4.69, 9.17) is 5.73 Å². The Morgan fingerprint density at radius 3 is 2.15 bits per heavy atom. The summed E-state index contributed by atoms with van der Waals surface area (Å²) in [5, 5.41) is 0. The zero-order valence-electron chi connectivity index (χ0n) is 12.4. The molecule has 0 aliphatic carbocycles. The molecular weight excluding hydrogens is 276 g/mol. The molecule has 0 atom stereocenters. The SMILES string of the molecule is CN(CC(C)(C)CN)C(=O)c1ccc(S(C)(=O)=O)cc1. The van der Waals surface area contributed by atoms with E-state index >= 15 is 0 Å². The van der Waals surface area contributed by atoms with E-state index in [0.29, 0.717) is 18.7 Å². The fourth-order valence-corrected chi connectivity index (χ4v) is 2.47. The van der Waals surface area contributed by atoms with Crippen LogP contribution in [0, 0.1) is 5.41 Å². The van der Waals surface area contributed by atoms with Crippen LogP contribution in [0.25, 0.3) is 0 Å². The molecule has 0 aromatic heterocycles. The van der Waals surface area contributed by atoms with Crippen molar-refractivity contribution in [3.05, 3.63) is 29.8 Å². The highest BCUT2D eigenvalue weighted by Crippen LogP contribution is 2.17. The highest BCUT2D eigenvalue weighted by molar-refractivity contribution is 7.90. The first kappa shape index (κ1) is 16.7. The van der Waals surface area contributed by atoms with E-state index in [9.17, 15) is 13.2 Å². The Hall–Kier alpha value is -1.40. The van der Waals surface area contributed by atoms with E-state index in [1.54, 1.807) is 11.9 Å². The maximum Gasteiger partial charge on any atom is 0.253 e. The van der Waals surface area contributed by atoms with Gasteiger partial charge in [-0.15, -0.1) is 0 Å². The van der Waals surface area contributed by atoms with Gasteiger partial charge >= 0.3 is 0 Å². The summed E-state index contributed by atoms with van der Waals surface area (Å²) in [5.41, 5.74) is 5.97. The molecule has 0 saturated heterocycles. The highest BCUT2D eigenvalue weighted by atomic mass is 32.2. The molecule has 5 nitrogen and oxygen atoms in total. The van der Waals surface area contributed by atoms with Crippen LogP contribution in [0.5, 0.6) is 0 Å². The van der Waals surface area contributed by atoms with Crippen molar-refractivity contribution in [2.75, 3.05) is 26.4 Å². The summed E-state index contributed by atoms with van der Waals surface area (Å²) in [6, 6.07) is 5.96. The van der Waals surface area contributed by atoms with Crippen molar-refractivity contribution >= 4 is 15.7 Å². The third-order valence-corrected chi connectivity index (χ3v) is 4.22. The van der Waals surface area contributed by atoms with E-state index in [2.05, 4.69) is 0 Å². The van der Waals surface area contributed by atoms with Crippen LogP contribution >= 0.6 is 0 Å². The average Bonchev–Trinajstić information content (AvgIpc) is 2.36. The zero-order chi connectivity index (χ0) is 15.6. The Labute approximate surface area is 120 Å². The molecular formula is C14H22N2O3S. The monoisotopic (exact) mass is 298 g/mol. The number of rotatable bonds is 5. The summed E-state index contributed by atoms with van der Waals surface area (Å²) in [4.78, 5) is 14.0. The summed E-state index contributed by atoms with van der Waals surface area (Å²) in [7, 11) is -1.53. The van der Waals surface area contributed by atoms with E-state index in [1.165, 1.54) is 24.3 Å². The molecule has 1 aromatic rings. The molecule has 1 amide bonds. The molecule has 0 unspecified atom stereocenters. The predicted octanol–water partition coefficient (Wildman–Crippen LogP) is 1.15. The fourth-order valence-electron chi connectivity index (χ4n) is 1.84.